The predicted molar refractivity (Wildman–Crippen MR) is 98.2 cm³/mol. The predicted octanol–water partition coefficient (Wildman–Crippen LogP) is 4.03. The van der Waals surface area contributed by atoms with Crippen LogP contribution in [0.1, 0.15) is 19.4 Å². The van der Waals surface area contributed by atoms with E-state index in [1.54, 1.807) is 30.3 Å². The van der Waals surface area contributed by atoms with Crippen LogP contribution in [0, 0.1) is 0 Å². The molecule has 5 heteroatoms. The van der Waals surface area contributed by atoms with Crippen molar-refractivity contribution in [1.29, 1.82) is 0 Å². The van der Waals surface area contributed by atoms with Gasteiger partial charge in [-0.1, -0.05) is 31.2 Å². The van der Waals surface area contributed by atoms with Crippen molar-refractivity contribution in [3.63, 3.8) is 0 Å². The van der Waals surface area contributed by atoms with Crippen molar-refractivity contribution in [2.45, 2.75) is 25.2 Å². The van der Waals surface area contributed by atoms with Gasteiger partial charge in [-0.3, -0.25) is 4.31 Å². The number of rotatable bonds is 8. The summed E-state index contributed by atoms with van der Waals surface area (Å²) in [6.07, 6.45) is 2.35. The van der Waals surface area contributed by atoms with Gasteiger partial charge >= 0.3 is 0 Å². The number of sulfonamides is 1. The van der Waals surface area contributed by atoms with Crippen LogP contribution in [-0.4, -0.2) is 21.6 Å². The Balaban J connectivity index is 2.47. The largest absolute Gasteiger partial charge is 0.494 e. The second-order valence-electron chi connectivity index (χ2n) is 5.21. The lowest BCUT2D eigenvalue weighted by atomic mass is 10.1. The highest BCUT2D eigenvalue weighted by Gasteiger charge is 2.25. The molecule has 4 nitrogen and oxygen atoms in total. The van der Waals surface area contributed by atoms with Crippen molar-refractivity contribution in [3.05, 3.63) is 66.7 Å². The van der Waals surface area contributed by atoms with Gasteiger partial charge < -0.3 is 4.74 Å². The van der Waals surface area contributed by atoms with Crippen LogP contribution < -0.4 is 9.04 Å². The molecule has 0 atom stereocenters. The lowest BCUT2D eigenvalue weighted by Crippen LogP contribution is -2.32. The number of hydrogen-bond donors (Lipinski definition) is 0. The number of para-hydroxylation sites is 1. The molecule has 0 fully saturated rings. The second-order valence-corrected chi connectivity index (χ2v) is 7.07. The molecule has 0 heterocycles. The first-order valence-electron chi connectivity index (χ1n) is 7.99. The summed E-state index contributed by atoms with van der Waals surface area (Å²) in [6.45, 7) is 8.35. The van der Waals surface area contributed by atoms with Gasteiger partial charge in [0.1, 0.15) is 5.75 Å². The Labute approximate surface area is 144 Å². The van der Waals surface area contributed by atoms with E-state index in [2.05, 4.69) is 6.58 Å². The average Bonchev–Trinajstić information content (AvgIpc) is 2.60. The molecule has 0 aliphatic rings. The van der Waals surface area contributed by atoms with Gasteiger partial charge in [0.05, 0.1) is 23.7 Å². The normalized spacial score (nSPS) is 11.1. The van der Waals surface area contributed by atoms with E-state index in [1.807, 2.05) is 38.1 Å². The van der Waals surface area contributed by atoms with Crippen LogP contribution >= 0.6 is 0 Å². The van der Waals surface area contributed by atoms with Crippen LogP contribution in [-0.2, 0) is 16.4 Å². The fourth-order valence-corrected chi connectivity index (χ4v) is 3.97. The average molecular weight is 345 g/mol. The minimum absolute atomic E-state index is 0.215. The zero-order chi connectivity index (χ0) is 17.6. The zero-order valence-corrected chi connectivity index (χ0v) is 14.9. The maximum Gasteiger partial charge on any atom is 0.264 e. The van der Waals surface area contributed by atoms with E-state index >= 15 is 0 Å². The molecule has 2 aromatic rings. The molecule has 0 bridgehead atoms. The van der Waals surface area contributed by atoms with E-state index in [-0.39, 0.29) is 11.4 Å². The molecule has 0 radical (unpaired) electrons. The van der Waals surface area contributed by atoms with Gasteiger partial charge in [-0.15, -0.1) is 6.58 Å². The fraction of sp³-hybridized carbons (Fsp3) is 0.263. The number of ether oxygens (including phenoxy) is 1. The number of benzene rings is 2. The maximum atomic E-state index is 13.1. The van der Waals surface area contributed by atoms with Crippen LogP contribution in [0.5, 0.6) is 5.75 Å². The molecule has 0 saturated carbocycles. The molecule has 2 aromatic carbocycles. The monoisotopic (exact) mass is 345 g/mol. The number of nitrogens with zero attached hydrogens (tertiary/aromatic N) is 1. The molecule has 0 amide bonds. The van der Waals surface area contributed by atoms with Crippen molar-refractivity contribution in [2.24, 2.45) is 0 Å². The van der Waals surface area contributed by atoms with E-state index in [0.717, 1.165) is 12.0 Å². The minimum Gasteiger partial charge on any atom is -0.494 e. The third kappa shape index (κ3) is 3.79. The Morgan fingerprint density at radius 2 is 1.75 bits per heavy atom. The highest BCUT2D eigenvalue weighted by Crippen LogP contribution is 2.28. The van der Waals surface area contributed by atoms with Crippen molar-refractivity contribution >= 4 is 15.7 Å². The summed E-state index contributed by atoms with van der Waals surface area (Å²) in [4.78, 5) is 0.235. The van der Waals surface area contributed by atoms with Crippen molar-refractivity contribution in [3.8, 4) is 5.75 Å². The maximum absolute atomic E-state index is 13.1. The molecule has 24 heavy (non-hydrogen) atoms. The number of hydrogen-bond acceptors (Lipinski definition) is 3. The summed E-state index contributed by atoms with van der Waals surface area (Å²) in [5.41, 5.74) is 1.67. The molecule has 0 saturated heterocycles. The quantitative estimate of drug-likeness (QED) is 0.679. The molecule has 0 N–H and O–H groups in total. The molecule has 0 aliphatic carbocycles. The Morgan fingerprint density at radius 3 is 2.33 bits per heavy atom. The SMILES string of the molecule is C=CCN(c1ccccc1CC)S(=O)(=O)c1ccc(OCC)cc1. The van der Waals surface area contributed by atoms with E-state index in [9.17, 15) is 8.42 Å². The second kappa shape index (κ2) is 8.02. The summed E-state index contributed by atoms with van der Waals surface area (Å²) in [5, 5.41) is 0. The Bertz CT molecular complexity index is 783. The van der Waals surface area contributed by atoms with Crippen LogP contribution in [0.4, 0.5) is 5.69 Å². The third-order valence-corrected chi connectivity index (χ3v) is 5.45. The van der Waals surface area contributed by atoms with E-state index in [4.69, 9.17) is 4.74 Å². The summed E-state index contributed by atoms with van der Waals surface area (Å²) >= 11 is 0. The van der Waals surface area contributed by atoms with E-state index < -0.39 is 10.0 Å². The van der Waals surface area contributed by atoms with Gasteiger partial charge in [-0.25, -0.2) is 8.42 Å². The van der Waals surface area contributed by atoms with Gasteiger partial charge in [0.2, 0.25) is 0 Å². The first-order valence-corrected chi connectivity index (χ1v) is 9.43. The zero-order valence-electron chi connectivity index (χ0n) is 14.1. The molecular weight excluding hydrogens is 322 g/mol. The van der Waals surface area contributed by atoms with Crippen LogP contribution in [0.15, 0.2) is 66.1 Å². The van der Waals surface area contributed by atoms with E-state index in [1.165, 1.54) is 4.31 Å². The molecular formula is C19H23NO3S. The van der Waals surface area contributed by atoms with Gasteiger partial charge in [0.25, 0.3) is 10.0 Å². The highest BCUT2D eigenvalue weighted by molar-refractivity contribution is 7.92. The van der Waals surface area contributed by atoms with Gasteiger partial charge in [-0.05, 0) is 49.2 Å². The first-order chi connectivity index (χ1) is 11.5. The summed E-state index contributed by atoms with van der Waals surface area (Å²) in [6, 6.07) is 14.0. The van der Waals surface area contributed by atoms with Crippen molar-refractivity contribution in [2.75, 3.05) is 17.5 Å². The molecule has 0 unspecified atom stereocenters. The fourth-order valence-electron chi connectivity index (χ4n) is 2.50. The lowest BCUT2D eigenvalue weighted by molar-refractivity contribution is 0.340. The van der Waals surface area contributed by atoms with Gasteiger partial charge in [0, 0.05) is 0 Å². The van der Waals surface area contributed by atoms with Crippen LogP contribution in [0.3, 0.4) is 0 Å². The summed E-state index contributed by atoms with van der Waals surface area (Å²) in [7, 11) is -3.67. The highest BCUT2D eigenvalue weighted by atomic mass is 32.2. The smallest absolute Gasteiger partial charge is 0.264 e. The third-order valence-electron chi connectivity index (χ3n) is 3.66. The summed E-state index contributed by atoms with van der Waals surface area (Å²) < 4.78 is 33.0. The molecule has 0 aliphatic heterocycles. The van der Waals surface area contributed by atoms with E-state index in [0.29, 0.717) is 18.0 Å². The first kappa shape index (κ1) is 18.1. The van der Waals surface area contributed by atoms with Crippen molar-refractivity contribution in [1.82, 2.24) is 0 Å². The Kier molecular flexibility index (Phi) is 6.04. The van der Waals surface area contributed by atoms with Crippen LogP contribution in [0.2, 0.25) is 0 Å². The van der Waals surface area contributed by atoms with Gasteiger partial charge in [0.15, 0.2) is 0 Å². The molecule has 128 valence electrons. The topological polar surface area (TPSA) is 46.6 Å². The van der Waals surface area contributed by atoms with Crippen LogP contribution in [0.25, 0.3) is 0 Å². The molecule has 0 aromatic heterocycles. The molecule has 2 rings (SSSR count). The minimum atomic E-state index is -3.67. The van der Waals surface area contributed by atoms with Gasteiger partial charge in [-0.2, -0.15) is 0 Å². The number of aryl methyl sites for hydroxylation is 1. The Morgan fingerprint density at radius 1 is 1.08 bits per heavy atom. The standard InChI is InChI=1S/C19H23NO3S/c1-4-15-20(19-10-8-7-9-16(19)5-2)24(21,22)18-13-11-17(12-14-18)23-6-3/h4,7-14H,1,5-6,15H2,2-3H3. The summed E-state index contributed by atoms with van der Waals surface area (Å²) in [5.74, 6) is 0.653. The number of anilines is 1. The Hall–Kier alpha value is -2.27. The van der Waals surface area contributed by atoms with Crippen molar-refractivity contribution < 1.29 is 13.2 Å². The lowest BCUT2D eigenvalue weighted by Gasteiger charge is -2.25. The molecule has 0 spiro atoms.